The molecule has 4 aromatic rings. The van der Waals surface area contributed by atoms with Gasteiger partial charge in [-0.1, -0.05) is 63.8 Å². The Balaban J connectivity index is 0.000000205. The molecule has 2 aromatic heterocycles. The number of thiophene rings is 1. The molecular weight excluding hydrogens is 477 g/mol. The quantitative estimate of drug-likeness (QED) is 0.259. The van der Waals surface area contributed by atoms with Crippen LogP contribution in [-0.4, -0.2) is 4.98 Å². The number of rotatable bonds is 5. The Kier molecular flexibility index (Phi) is 10.0. The number of hydrogen-bond acceptors (Lipinski definition) is 4. The van der Waals surface area contributed by atoms with Crippen LogP contribution in [-0.2, 0) is 6.42 Å². The van der Waals surface area contributed by atoms with Crippen LogP contribution in [0.5, 0.6) is 0 Å². The van der Waals surface area contributed by atoms with Gasteiger partial charge in [0.2, 0.25) is 0 Å². The van der Waals surface area contributed by atoms with Crippen molar-refractivity contribution in [3.8, 4) is 11.1 Å². The van der Waals surface area contributed by atoms with Gasteiger partial charge in [-0.25, -0.2) is 4.39 Å². The predicted molar refractivity (Wildman–Crippen MR) is 160 cm³/mol. The van der Waals surface area contributed by atoms with Crippen LogP contribution in [0.3, 0.4) is 0 Å². The van der Waals surface area contributed by atoms with E-state index in [9.17, 15) is 4.39 Å². The molecule has 1 aliphatic carbocycles. The zero-order valence-corrected chi connectivity index (χ0v) is 23.3. The lowest BCUT2D eigenvalue weighted by molar-refractivity contribution is 0.365. The van der Waals surface area contributed by atoms with Gasteiger partial charge in [-0.2, -0.15) is 0 Å². The van der Waals surface area contributed by atoms with Crippen LogP contribution >= 0.6 is 11.3 Å². The van der Waals surface area contributed by atoms with E-state index in [1.54, 1.807) is 23.5 Å². The van der Waals surface area contributed by atoms with Crippen LogP contribution in [0.4, 0.5) is 10.1 Å². The summed E-state index contributed by atoms with van der Waals surface area (Å²) in [5.74, 6) is 0.679. The minimum atomic E-state index is -0.104. The van der Waals surface area contributed by atoms with E-state index in [-0.39, 0.29) is 12.0 Å². The second-order valence-corrected chi connectivity index (χ2v) is 11.0. The molecule has 5 heteroatoms. The predicted octanol–water partition coefficient (Wildman–Crippen LogP) is 9.70. The molecule has 196 valence electrons. The summed E-state index contributed by atoms with van der Waals surface area (Å²) in [4.78, 5) is 5.51. The van der Waals surface area contributed by atoms with Crippen molar-refractivity contribution in [1.29, 1.82) is 0 Å². The highest BCUT2D eigenvalue weighted by molar-refractivity contribution is 7.20. The number of hydrogen-bond donors (Lipinski definition) is 2. The monoisotopic (exact) mass is 517 g/mol. The number of pyridine rings is 1. The molecule has 0 atom stereocenters. The van der Waals surface area contributed by atoms with Gasteiger partial charge >= 0.3 is 0 Å². The van der Waals surface area contributed by atoms with Crippen molar-refractivity contribution in [3.05, 3.63) is 88.8 Å². The first-order valence-electron chi connectivity index (χ1n) is 13.0. The second-order valence-electron chi connectivity index (χ2n) is 9.94. The molecule has 0 saturated heterocycles. The van der Waals surface area contributed by atoms with Crippen molar-refractivity contribution >= 4 is 32.7 Å². The maximum atomic E-state index is 14.0. The van der Waals surface area contributed by atoms with Gasteiger partial charge in [-0.05, 0) is 85.2 Å². The average Bonchev–Trinajstić information content (AvgIpc) is 3.23. The van der Waals surface area contributed by atoms with E-state index in [4.69, 9.17) is 5.73 Å². The normalized spacial score (nSPS) is 13.5. The van der Waals surface area contributed by atoms with E-state index >= 15 is 0 Å². The van der Waals surface area contributed by atoms with E-state index < -0.39 is 0 Å². The van der Waals surface area contributed by atoms with Gasteiger partial charge in [0.05, 0.1) is 0 Å². The fraction of sp³-hybridized carbons (Fsp3) is 0.344. The molecule has 0 radical (unpaired) electrons. The smallest absolute Gasteiger partial charge is 0.132 e. The largest absolute Gasteiger partial charge is 0.399 e. The highest BCUT2D eigenvalue weighted by atomic mass is 32.1. The molecule has 0 unspecified atom stereocenters. The van der Waals surface area contributed by atoms with Gasteiger partial charge < -0.3 is 11.9 Å². The number of anilines is 1. The lowest BCUT2D eigenvalue weighted by Crippen LogP contribution is -2.06. The van der Waals surface area contributed by atoms with Crippen LogP contribution in [0, 0.1) is 25.6 Å². The number of allylic oxidation sites excluding steroid dienone is 1. The molecule has 1 fully saturated rings. The molecule has 2 aromatic carbocycles. The molecule has 5 N–H and O–H groups in total. The maximum absolute atomic E-state index is 14.0. The Morgan fingerprint density at radius 2 is 1.78 bits per heavy atom. The third-order valence-corrected chi connectivity index (χ3v) is 8.61. The van der Waals surface area contributed by atoms with E-state index in [0.29, 0.717) is 0 Å². The van der Waals surface area contributed by atoms with Gasteiger partial charge in [0.15, 0.2) is 0 Å². The van der Waals surface area contributed by atoms with Gasteiger partial charge in [-0.3, -0.25) is 4.98 Å². The second kappa shape index (κ2) is 13.0. The van der Waals surface area contributed by atoms with Crippen molar-refractivity contribution < 1.29 is 4.39 Å². The number of fused-ring (bicyclic) bond motifs is 1. The lowest BCUT2D eigenvalue weighted by atomic mass is 9.84. The van der Waals surface area contributed by atoms with Crippen molar-refractivity contribution in [2.24, 2.45) is 5.92 Å². The standard InChI is InChI=1S/C18H21FS.C14H16N2.H3N/c1-12(11-14-7-4-3-5-8-14)18-13(2)17-15(19)9-6-10-16(17)20-18;1-3-11-8-12(6-7-14(11)15)13-5-4-10(2)16-9-13;/h6,9-10,14H,1,3-5,7-8,11H2,2H3;4-9H,3,15H2,1-2H3;1H3. The molecule has 37 heavy (non-hydrogen) atoms. The van der Waals surface area contributed by atoms with Gasteiger partial charge in [-0.15, -0.1) is 11.3 Å². The third kappa shape index (κ3) is 6.85. The summed E-state index contributed by atoms with van der Waals surface area (Å²) in [6.07, 6.45) is 10.7. The summed E-state index contributed by atoms with van der Waals surface area (Å²) >= 11 is 1.70. The molecule has 0 spiro atoms. The number of aryl methyl sites for hydroxylation is 3. The number of benzene rings is 2. The average molecular weight is 518 g/mol. The van der Waals surface area contributed by atoms with Crippen LogP contribution in [0.25, 0.3) is 26.8 Å². The molecule has 5 rings (SSSR count). The summed E-state index contributed by atoms with van der Waals surface area (Å²) in [5.41, 5.74) is 13.6. The number of halogens is 1. The topological polar surface area (TPSA) is 73.9 Å². The summed E-state index contributed by atoms with van der Waals surface area (Å²) in [6.45, 7) is 10.4. The molecule has 1 aliphatic rings. The molecule has 3 nitrogen and oxygen atoms in total. The first kappa shape index (κ1) is 28.5. The minimum Gasteiger partial charge on any atom is -0.399 e. The Labute approximate surface area is 225 Å². The first-order chi connectivity index (χ1) is 17.4. The van der Waals surface area contributed by atoms with E-state index in [0.717, 1.165) is 51.4 Å². The fourth-order valence-electron chi connectivity index (χ4n) is 5.15. The first-order valence-corrected chi connectivity index (χ1v) is 13.9. The zero-order chi connectivity index (χ0) is 25.7. The molecule has 0 bridgehead atoms. The number of nitrogens with two attached hydrogens (primary N) is 1. The van der Waals surface area contributed by atoms with Crippen molar-refractivity contribution in [2.45, 2.75) is 65.7 Å². The van der Waals surface area contributed by atoms with E-state index in [1.807, 2.05) is 44.3 Å². The Morgan fingerprint density at radius 3 is 2.43 bits per heavy atom. The van der Waals surface area contributed by atoms with Gasteiger partial charge in [0.1, 0.15) is 5.82 Å². The summed E-state index contributed by atoms with van der Waals surface area (Å²) in [6, 6.07) is 15.6. The Hall–Kier alpha value is -3.02. The maximum Gasteiger partial charge on any atom is 0.132 e. The Morgan fingerprint density at radius 1 is 1.05 bits per heavy atom. The SMILES string of the molecule is C=C(CC1CCCCC1)c1sc2cccc(F)c2c1C.CCc1cc(-c2ccc(C)nc2)ccc1N.N. The van der Waals surface area contributed by atoms with Crippen LogP contribution in [0.15, 0.2) is 61.3 Å². The summed E-state index contributed by atoms with van der Waals surface area (Å²) in [5, 5.41) is 0.789. The third-order valence-electron chi connectivity index (χ3n) is 7.25. The van der Waals surface area contributed by atoms with Gasteiger partial charge in [0.25, 0.3) is 0 Å². The van der Waals surface area contributed by atoms with E-state index in [1.165, 1.54) is 53.7 Å². The number of nitrogens with zero attached hydrogens (tertiary/aromatic N) is 1. The summed E-state index contributed by atoms with van der Waals surface area (Å²) in [7, 11) is 0. The van der Waals surface area contributed by atoms with Crippen LogP contribution < -0.4 is 11.9 Å². The number of nitrogen functional groups attached to an aromatic ring is 1. The molecule has 2 heterocycles. The molecule has 0 aliphatic heterocycles. The van der Waals surface area contributed by atoms with E-state index in [2.05, 4.69) is 30.6 Å². The minimum absolute atomic E-state index is 0. The molecule has 0 amide bonds. The van der Waals surface area contributed by atoms with Crippen LogP contribution in [0.2, 0.25) is 0 Å². The van der Waals surface area contributed by atoms with Crippen molar-refractivity contribution in [1.82, 2.24) is 11.1 Å². The van der Waals surface area contributed by atoms with Crippen LogP contribution in [0.1, 0.15) is 67.1 Å². The highest BCUT2D eigenvalue weighted by Crippen LogP contribution is 2.40. The number of aromatic nitrogens is 1. The van der Waals surface area contributed by atoms with Crippen molar-refractivity contribution in [3.63, 3.8) is 0 Å². The molecule has 1 saturated carbocycles. The van der Waals surface area contributed by atoms with Crippen molar-refractivity contribution in [2.75, 3.05) is 5.73 Å². The Bertz CT molecular complexity index is 1330. The van der Waals surface area contributed by atoms with Gasteiger partial charge in [0, 0.05) is 38.1 Å². The molecular formula is C32H40FN3S. The summed E-state index contributed by atoms with van der Waals surface area (Å²) < 4.78 is 15.0. The fourth-order valence-corrected chi connectivity index (χ4v) is 6.36. The highest BCUT2D eigenvalue weighted by Gasteiger charge is 2.19. The lowest BCUT2D eigenvalue weighted by Gasteiger charge is -2.22. The zero-order valence-electron chi connectivity index (χ0n) is 22.4.